The minimum atomic E-state index is -0.510. The zero-order valence-electron chi connectivity index (χ0n) is 16.3. The van der Waals surface area contributed by atoms with Gasteiger partial charge in [-0.25, -0.2) is 0 Å². The molecule has 2 aromatic rings. The SMILES string of the molecule is COc1ccc(C(=O)Sc2ccccc2C(=O)NCCC(N)=O)c(OC)c1OC. The number of methoxy groups -OCH3 is 3. The largest absolute Gasteiger partial charge is 0.493 e. The predicted octanol–water partition coefficient (Wildman–Crippen LogP) is 2.25. The number of nitrogens with one attached hydrogen (secondary N) is 1. The molecule has 2 rings (SSSR count). The first-order valence-corrected chi connectivity index (χ1v) is 9.41. The molecule has 0 fully saturated rings. The Morgan fingerprint density at radius 2 is 1.62 bits per heavy atom. The van der Waals surface area contributed by atoms with Crippen LogP contribution in [0.4, 0.5) is 0 Å². The Balaban J connectivity index is 2.28. The lowest BCUT2D eigenvalue weighted by Crippen LogP contribution is -2.28. The minimum Gasteiger partial charge on any atom is -0.493 e. The molecule has 0 unspecified atom stereocenters. The van der Waals surface area contributed by atoms with Crippen LogP contribution in [0.1, 0.15) is 27.1 Å². The van der Waals surface area contributed by atoms with Crippen LogP contribution in [-0.4, -0.2) is 44.8 Å². The van der Waals surface area contributed by atoms with Crippen LogP contribution in [-0.2, 0) is 4.79 Å². The van der Waals surface area contributed by atoms with Crippen molar-refractivity contribution >= 4 is 28.7 Å². The zero-order chi connectivity index (χ0) is 21.4. The van der Waals surface area contributed by atoms with Crippen LogP contribution in [0.5, 0.6) is 17.2 Å². The van der Waals surface area contributed by atoms with Gasteiger partial charge in [-0.2, -0.15) is 0 Å². The van der Waals surface area contributed by atoms with E-state index in [9.17, 15) is 14.4 Å². The molecule has 0 saturated heterocycles. The molecule has 3 N–H and O–H groups in total. The van der Waals surface area contributed by atoms with Crippen molar-refractivity contribution in [3.8, 4) is 17.2 Å². The van der Waals surface area contributed by atoms with E-state index in [1.165, 1.54) is 21.3 Å². The monoisotopic (exact) mass is 418 g/mol. The molecule has 0 atom stereocenters. The van der Waals surface area contributed by atoms with Gasteiger partial charge in [-0.1, -0.05) is 12.1 Å². The molecule has 2 aromatic carbocycles. The maximum atomic E-state index is 12.9. The number of hydrogen-bond acceptors (Lipinski definition) is 7. The molecule has 154 valence electrons. The summed E-state index contributed by atoms with van der Waals surface area (Å²) in [6.07, 6.45) is 0.0306. The number of amides is 2. The lowest BCUT2D eigenvalue weighted by atomic mass is 10.2. The first-order valence-electron chi connectivity index (χ1n) is 8.59. The molecule has 9 heteroatoms. The predicted molar refractivity (Wildman–Crippen MR) is 109 cm³/mol. The third-order valence-electron chi connectivity index (χ3n) is 3.92. The van der Waals surface area contributed by atoms with E-state index in [2.05, 4.69) is 5.32 Å². The standard InChI is InChI=1S/C20H22N2O6S/c1-26-14-9-8-13(17(27-2)18(14)28-3)20(25)29-15-7-5-4-6-12(15)19(24)22-11-10-16(21)23/h4-9H,10-11H2,1-3H3,(H2,21,23)(H,22,24). The van der Waals surface area contributed by atoms with Gasteiger partial charge in [0, 0.05) is 17.9 Å². The maximum Gasteiger partial charge on any atom is 0.252 e. The van der Waals surface area contributed by atoms with Crippen molar-refractivity contribution in [2.75, 3.05) is 27.9 Å². The van der Waals surface area contributed by atoms with Crippen molar-refractivity contribution in [2.24, 2.45) is 5.73 Å². The summed E-state index contributed by atoms with van der Waals surface area (Å²) < 4.78 is 15.9. The zero-order valence-corrected chi connectivity index (χ0v) is 17.1. The van der Waals surface area contributed by atoms with Crippen LogP contribution in [0.25, 0.3) is 0 Å². The highest BCUT2D eigenvalue weighted by atomic mass is 32.2. The van der Waals surface area contributed by atoms with Crippen molar-refractivity contribution < 1.29 is 28.6 Å². The first kappa shape index (κ1) is 22.1. The summed E-state index contributed by atoms with van der Waals surface area (Å²) in [5, 5.41) is 2.28. The quantitative estimate of drug-likeness (QED) is 0.600. The topological polar surface area (TPSA) is 117 Å². The van der Waals surface area contributed by atoms with Crippen LogP contribution in [0.2, 0.25) is 0 Å². The number of primary amides is 1. The second-order valence-electron chi connectivity index (χ2n) is 5.74. The summed E-state index contributed by atoms with van der Waals surface area (Å²) in [6, 6.07) is 9.86. The molecule has 0 bridgehead atoms. The number of hydrogen-bond donors (Lipinski definition) is 2. The van der Waals surface area contributed by atoms with Gasteiger partial charge in [0.05, 0.1) is 32.5 Å². The van der Waals surface area contributed by atoms with E-state index in [1.54, 1.807) is 36.4 Å². The lowest BCUT2D eigenvalue weighted by Gasteiger charge is -2.15. The fourth-order valence-corrected chi connectivity index (χ4v) is 3.44. The summed E-state index contributed by atoms with van der Waals surface area (Å²) >= 11 is 0.886. The molecule has 0 aromatic heterocycles. The van der Waals surface area contributed by atoms with E-state index in [-0.39, 0.29) is 29.4 Å². The number of ether oxygens (including phenoxy) is 3. The van der Waals surface area contributed by atoms with Crippen molar-refractivity contribution in [1.82, 2.24) is 5.32 Å². The van der Waals surface area contributed by atoms with Gasteiger partial charge in [0.15, 0.2) is 11.5 Å². The Labute approximate surface area is 172 Å². The lowest BCUT2D eigenvalue weighted by molar-refractivity contribution is -0.117. The number of carbonyl (C=O) groups is 3. The van der Waals surface area contributed by atoms with Crippen LogP contribution >= 0.6 is 11.8 Å². The maximum absolute atomic E-state index is 12.9. The number of thioether (sulfide) groups is 1. The second kappa shape index (κ2) is 10.4. The van der Waals surface area contributed by atoms with E-state index >= 15 is 0 Å². The molecule has 0 saturated carbocycles. The summed E-state index contributed by atoms with van der Waals surface area (Å²) in [4.78, 5) is 36.7. The molecule has 0 spiro atoms. The summed E-state index contributed by atoms with van der Waals surface area (Å²) in [5.41, 5.74) is 5.67. The molecule has 2 amide bonds. The highest BCUT2D eigenvalue weighted by Crippen LogP contribution is 2.42. The van der Waals surface area contributed by atoms with Gasteiger partial charge in [0.2, 0.25) is 16.8 Å². The van der Waals surface area contributed by atoms with Crippen LogP contribution in [0.3, 0.4) is 0 Å². The number of rotatable bonds is 9. The highest BCUT2D eigenvalue weighted by Gasteiger charge is 2.23. The molecule has 29 heavy (non-hydrogen) atoms. The number of carbonyl (C=O) groups excluding carboxylic acids is 3. The average molecular weight is 418 g/mol. The third kappa shape index (κ3) is 5.41. The third-order valence-corrected chi connectivity index (χ3v) is 4.90. The highest BCUT2D eigenvalue weighted by molar-refractivity contribution is 8.14. The van der Waals surface area contributed by atoms with E-state index in [0.29, 0.717) is 22.0 Å². The Morgan fingerprint density at radius 3 is 2.24 bits per heavy atom. The van der Waals surface area contributed by atoms with Gasteiger partial charge in [-0.05, 0) is 36.0 Å². The second-order valence-corrected chi connectivity index (χ2v) is 6.75. The average Bonchev–Trinajstić information content (AvgIpc) is 2.72. The summed E-state index contributed by atoms with van der Waals surface area (Å²) in [7, 11) is 4.37. The van der Waals surface area contributed by atoms with Crippen LogP contribution < -0.4 is 25.3 Å². The van der Waals surface area contributed by atoms with E-state index < -0.39 is 11.8 Å². The molecule has 0 aliphatic heterocycles. The Kier molecular flexibility index (Phi) is 7.90. The number of nitrogens with two attached hydrogens (primary N) is 1. The molecule has 0 heterocycles. The molecule has 0 aliphatic carbocycles. The van der Waals surface area contributed by atoms with Crippen LogP contribution in [0, 0.1) is 0 Å². The Morgan fingerprint density at radius 1 is 0.931 bits per heavy atom. The smallest absolute Gasteiger partial charge is 0.252 e. The van der Waals surface area contributed by atoms with Crippen LogP contribution in [0.15, 0.2) is 41.3 Å². The van der Waals surface area contributed by atoms with E-state index in [1.807, 2.05) is 0 Å². The fraction of sp³-hybridized carbons (Fsp3) is 0.250. The first-order chi connectivity index (χ1) is 13.9. The molecule has 0 aliphatic rings. The summed E-state index contributed by atoms with van der Waals surface area (Å²) in [5.74, 6) is 0.0666. The van der Waals surface area contributed by atoms with Gasteiger partial charge in [-0.3, -0.25) is 14.4 Å². The van der Waals surface area contributed by atoms with E-state index in [4.69, 9.17) is 19.9 Å². The molecular weight excluding hydrogens is 396 g/mol. The van der Waals surface area contributed by atoms with Crippen molar-refractivity contribution in [3.63, 3.8) is 0 Å². The minimum absolute atomic E-state index is 0.0306. The van der Waals surface area contributed by atoms with Crippen molar-refractivity contribution in [3.05, 3.63) is 47.5 Å². The van der Waals surface area contributed by atoms with Gasteiger partial charge >= 0.3 is 0 Å². The Hall–Kier alpha value is -3.20. The molecular formula is C20H22N2O6S. The number of benzene rings is 2. The fourth-order valence-electron chi connectivity index (χ4n) is 2.55. The van der Waals surface area contributed by atoms with Gasteiger partial charge in [0.25, 0.3) is 5.91 Å². The Bertz CT molecular complexity index is 916. The summed E-state index contributed by atoms with van der Waals surface area (Å²) in [6.45, 7) is 0.116. The van der Waals surface area contributed by atoms with Gasteiger partial charge in [-0.15, -0.1) is 0 Å². The van der Waals surface area contributed by atoms with Crippen molar-refractivity contribution in [2.45, 2.75) is 11.3 Å². The van der Waals surface area contributed by atoms with Crippen molar-refractivity contribution in [1.29, 1.82) is 0 Å². The molecule has 0 radical (unpaired) electrons. The van der Waals surface area contributed by atoms with Gasteiger partial charge in [0.1, 0.15) is 0 Å². The normalized spacial score (nSPS) is 10.2. The van der Waals surface area contributed by atoms with Gasteiger partial charge < -0.3 is 25.3 Å². The van der Waals surface area contributed by atoms with E-state index in [0.717, 1.165) is 11.8 Å². The molecule has 8 nitrogen and oxygen atoms in total.